The summed E-state index contributed by atoms with van der Waals surface area (Å²) in [6.07, 6.45) is 0. The molecular formula is C16H21N3O. The maximum Gasteiger partial charge on any atom is 0.315 e. The van der Waals surface area contributed by atoms with Gasteiger partial charge >= 0.3 is 6.03 Å². The zero-order chi connectivity index (χ0) is 14.5. The summed E-state index contributed by atoms with van der Waals surface area (Å²) < 4.78 is 2.12. The Hall–Kier alpha value is -2.23. The summed E-state index contributed by atoms with van der Waals surface area (Å²) in [6, 6.07) is 11.8. The van der Waals surface area contributed by atoms with Crippen LogP contribution in [0.25, 0.3) is 0 Å². The molecule has 2 amide bonds. The average Bonchev–Trinajstić information content (AvgIpc) is 2.71. The van der Waals surface area contributed by atoms with E-state index in [1.807, 2.05) is 37.4 Å². The molecule has 1 aromatic heterocycles. The highest BCUT2D eigenvalue weighted by Gasteiger charge is 2.07. The van der Waals surface area contributed by atoms with Crippen LogP contribution >= 0.6 is 0 Å². The van der Waals surface area contributed by atoms with Gasteiger partial charge in [0.1, 0.15) is 0 Å². The lowest BCUT2D eigenvalue weighted by molar-refractivity contribution is 0.240. The van der Waals surface area contributed by atoms with Gasteiger partial charge in [0.25, 0.3) is 0 Å². The van der Waals surface area contributed by atoms with Gasteiger partial charge in [-0.1, -0.05) is 30.3 Å². The SMILES string of the molecule is Cc1cc(CNC(=O)NCc2ccccc2)c(C)n1C. The average molecular weight is 271 g/mol. The molecule has 0 aliphatic carbocycles. The number of nitrogens with zero attached hydrogens (tertiary/aromatic N) is 1. The van der Waals surface area contributed by atoms with Crippen LogP contribution in [0.2, 0.25) is 0 Å². The number of hydrogen-bond donors (Lipinski definition) is 2. The number of rotatable bonds is 4. The summed E-state index contributed by atoms with van der Waals surface area (Å²) in [5.41, 5.74) is 4.63. The smallest absolute Gasteiger partial charge is 0.315 e. The summed E-state index contributed by atoms with van der Waals surface area (Å²) in [6.45, 7) is 5.21. The van der Waals surface area contributed by atoms with Crippen molar-refractivity contribution < 1.29 is 4.79 Å². The molecule has 1 heterocycles. The fourth-order valence-electron chi connectivity index (χ4n) is 2.13. The molecule has 4 nitrogen and oxygen atoms in total. The Labute approximate surface area is 119 Å². The maximum absolute atomic E-state index is 11.8. The van der Waals surface area contributed by atoms with Gasteiger partial charge in [-0.05, 0) is 31.0 Å². The number of nitrogens with one attached hydrogen (secondary N) is 2. The molecule has 2 N–H and O–H groups in total. The van der Waals surface area contributed by atoms with Crippen molar-refractivity contribution in [2.45, 2.75) is 26.9 Å². The van der Waals surface area contributed by atoms with E-state index >= 15 is 0 Å². The van der Waals surface area contributed by atoms with Crippen molar-refractivity contribution in [1.29, 1.82) is 0 Å². The molecule has 4 heteroatoms. The normalized spacial score (nSPS) is 10.3. The fourth-order valence-corrected chi connectivity index (χ4v) is 2.13. The van der Waals surface area contributed by atoms with Crippen LogP contribution in [0.3, 0.4) is 0 Å². The summed E-state index contributed by atoms with van der Waals surface area (Å²) >= 11 is 0. The summed E-state index contributed by atoms with van der Waals surface area (Å²) in [4.78, 5) is 11.8. The van der Waals surface area contributed by atoms with E-state index in [1.165, 1.54) is 11.4 Å². The van der Waals surface area contributed by atoms with Gasteiger partial charge in [0.2, 0.25) is 0 Å². The van der Waals surface area contributed by atoms with Crippen molar-refractivity contribution in [2.75, 3.05) is 0 Å². The van der Waals surface area contributed by atoms with Crippen LogP contribution in [0.5, 0.6) is 0 Å². The molecule has 106 valence electrons. The Morgan fingerprint density at radius 1 is 1.10 bits per heavy atom. The molecule has 1 aromatic carbocycles. The number of aryl methyl sites for hydroxylation is 1. The molecule has 0 aliphatic heterocycles. The van der Waals surface area contributed by atoms with E-state index in [-0.39, 0.29) is 6.03 Å². The quantitative estimate of drug-likeness (QED) is 0.882. The Kier molecular flexibility index (Phi) is 4.45. The lowest BCUT2D eigenvalue weighted by Gasteiger charge is -2.08. The molecule has 2 aromatic rings. The maximum atomic E-state index is 11.8. The molecule has 0 atom stereocenters. The number of urea groups is 1. The van der Waals surface area contributed by atoms with Crippen LogP contribution < -0.4 is 10.6 Å². The van der Waals surface area contributed by atoms with Crippen LogP contribution in [0, 0.1) is 13.8 Å². The van der Waals surface area contributed by atoms with Crippen molar-refractivity contribution >= 4 is 6.03 Å². The van der Waals surface area contributed by atoms with Gasteiger partial charge in [-0.3, -0.25) is 0 Å². The molecule has 0 radical (unpaired) electrons. The van der Waals surface area contributed by atoms with E-state index in [1.54, 1.807) is 0 Å². The molecule has 0 spiro atoms. The van der Waals surface area contributed by atoms with Crippen molar-refractivity contribution in [1.82, 2.24) is 15.2 Å². The van der Waals surface area contributed by atoms with Crippen LogP contribution in [0.4, 0.5) is 4.79 Å². The van der Waals surface area contributed by atoms with Crippen molar-refractivity contribution in [3.05, 3.63) is 58.9 Å². The van der Waals surface area contributed by atoms with Crippen molar-refractivity contribution in [2.24, 2.45) is 7.05 Å². The zero-order valence-corrected chi connectivity index (χ0v) is 12.2. The summed E-state index contributed by atoms with van der Waals surface area (Å²) in [5.74, 6) is 0. The number of benzene rings is 1. The number of hydrogen-bond acceptors (Lipinski definition) is 1. The lowest BCUT2D eigenvalue weighted by atomic mass is 10.2. The molecule has 0 fully saturated rings. The van der Waals surface area contributed by atoms with Gasteiger partial charge in [0.05, 0.1) is 0 Å². The molecule has 0 aliphatic rings. The fraction of sp³-hybridized carbons (Fsp3) is 0.312. The Morgan fingerprint density at radius 3 is 2.35 bits per heavy atom. The predicted octanol–water partition coefficient (Wildman–Crippen LogP) is 2.64. The van der Waals surface area contributed by atoms with Gasteiger partial charge in [-0.25, -0.2) is 4.79 Å². The standard InChI is InChI=1S/C16H21N3O/c1-12-9-15(13(2)19(12)3)11-18-16(20)17-10-14-7-5-4-6-8-14/h4-9H,10-11H2,1-3H3,(H2,17,18,20). The van der Waals surface area contributed by atoms with E-state index in [2.05, 4.69) is 35.1 Å². The topological polar surface area (TPSA) is 46.1 Å². The minimum atomic E-state index is -0.144. The second-order valence-electron chi connectivity index (χ2n) is 4.98. The van der Waals surface area contributed by atoms with E-state index in [4.69, 9.17) is 0 Å². The highest BCUT2D eigenvalue weighted by Crippen LogP contribution is 2.12. The van der Waals surface area contributed by atoms with Crippen LogP contribution in [0.1, 0.15) is 22.5 Å². The van der Waals surface area contributed by atoms with E-state index in [9.17, 15) is 4.79 Å². The summed E-state index contributed by atoms with van der Waals surface area (Å²) in [5, 5.41) is 5.74. The Bertz CT molecular complexity index is 587. The van der Waals surface area contributed by atoms with Gasteiger partial charge < -0.3 is 15.2 Å². The number of carbonyl (C=O) groups is 1. The molecule has 20 heavy (non-hydrogen) atoms. The van der Waals surface area contributed by atoms with Crippen LogP contribution in [-0.2, 0) is 20.1 Å². The Balaban J connectivity index is 1.82. The van der Waals surface area contributed by atoms with E-state index < -0.39 is 0 Å². The van der Waals surface area contributed by atoms with Crippen LogP contribution in [-0.4, -0.2) is 10.6 Å². The highest BCUT2D eigenvalue weighted by atomic mass is 16.2. The zero-order valence-electron chi connectivity index (χ0n) is 12.2. The molecule has 2 rings (SSSR count). The molecule has 0 saturated carbocycles. The summed E-state index contributed by atoms with van der Waals surface area (Å²) in [7, 11) is 2.03. The third-order valence-electron chi connectivity index (χ3n) is 3.62. The minimum absolute atomic E-state index is 0.144. The van der Waals surface area contributed by atoms with E-state index in [0.717, 1.165) is 11.1 Å². The van der Waals surface area contributed by atoms with Crippen molar-refractivity contribution in [3.8, 4) is 0 Å². The Morgan fingerprint density at radius 2 is 1.75 bits per heavy atom. The minimum Gasteiger partial charge on any atom is -0.352 e. The third kappa shape index (κ3) is 3.41. The first-order valence-corrected chi connectivity index (χ1v) is 6.75. The van der Waals surface area contributed by atoms with Crippen molar-refractivity contribution in [3.63, 3.8) is 0 Å². The molecule has 0 unspecified atom stereocenters. The largest absolute Gasteiger partial charge is 0.352 e. The number of amides is 2. The van der Waals surface area contributed by atoms with Crippen LogP contribution in [0.15, 0.2) is 36.4 Å². The number of carbonyl (C=O) groups excluding carboxylic acids is 1. The van der Waals surface area contributed by atoms with E-state index in [0.29, 0.717) is 13.1 Å². The molecular weight excluding hydrogens is 250 g/mol. The highest BCUT2D eigenvalue weighted by molar-refractivity contribution is 5.73. The first-order valence-electron chi connectivity index (χ1n) is 6.75. The predicted molar refractivity (Wildman–Crippen MR) is 80.4 cm³/mol. The molecule has 0 saturated heterocycles. The van der Waals surface area contributed by atoms with Gasteiger partial charge in [0, 0.05) is 31.5 Å². The number of aromatic nitrogens is 1. The molecule has 0 bridgehead atoms. The monoisotopic (exact) mass is 271 g/mol. The second-order valence-corrected chi connectivity index (χ2v) is 4.98. The lowest BCUT2D eigenvalue weighted by Crippen LogP contribution is -2.34. The first-order chi connectivity index (χ1) is 9.58. The van der Waals surface area contributed by atoms with Gasteiger partial charge in [-0.2, -0.15) is 0 Å². The van der Waals surface area contributed by atoms with Gasteiger partial charge in [0.15, 0.2) is 0 Å². The third-order valence-corrected chi connectivity index (χ3v) is 3.62. The first kappa shape index (κ1) is 14.2. The second kappa shape index (κ2) is 6.28. The van der Waals surface area contributed by atoms with Gasteiger partial charge in [-0.15, -0.1) is 0 Å².